The van der Waals surface area contributed by atoms with Gasteiger partial charge in [0.05, 0.1) is 6.61 Å². The second-order valence-corrected chi connectivity index (χ2v) is 3.17. The normalized spacial score (nSPS) is 10.4. The van der Waals surface area contributed by atoms with Crippen molar-refractivity contribution in [3.05, 3.63) is 23.0 Å². The number of pyridine rings is 1. The number of rotatable bonds is 3. The molecule has 0 aliphatic rings. The van der Waals surface area contributed by atoms with E-state index in [1.54, 1.807) is 0 Å². The molecule has 0 aliphatic heterocycles. The third-order valence-electron chi connectivity index (χ3n) is 2.08. The number of nitrogens with zero attached hydrogens (tertiary/aromatic N) is 1. The summed E-state index contributed by atoms with van der Waals surface area (Å²) in [4.78, 5) is 4.35. The van der Waals surface area contributed by atoms with Crippen molar-refractivity contribution in [1.29, 1.82) is 0 Å². The monoisotopic (exact) mass is 180 g/mol. The van der Waals surface area contributed by atoms with Crippen molar-refractivity contribution in [1.82, 2.24) is 4.98 Å². The Bertz CT molecular complexity index is 274. The summed E-state index contributed by atoms with van der Waals surface area (Å²) in [6.45, 7) is 3.95. The van der Waals surface area contributed by atoms with Gasteiger partial charge in [0.25, 0.3) is 0 Å². The van der Waals surface area contributed by atoms with E-state index in [0.717, 1.165) is 29.8 Å². The zero-order chi connectivity index (χ0) is 9.84. The van der Waals surface area contributed by atoms with Crippen LogP contribution in [0.2, 0.25) is 0 Å². The lowest BCUT2D eigenvalue weighted by molar-refractivity contribution is 0.281. The molecular weight excluding hydrogens is 164 g/mol. The van der Waals surface area contributed by atoms with Crippen molar-refractivity contribution >= 4 is 5.69 Å². The van der Waals surface area contributed by atoms with E-state index in [4.69, 9.17) is 10.8 Å². The van der Waals surface area contributed by atoms with Crippen LogP contribution in [0.5, 0.6) is 0 Å². The highest BCUT2D eigenvalue weighted by Crippen LogP contribution is 2.16. The molecule has 3 heteroatoms. The molecule has 0 unspecified atom stereocenters. The Morgan fingerprint density at radius 3 is 2.69 bits per heavy atom. The van der Waals surface area contributed by atoms with Gasteiger partial charge in [-0.05, 0) is 19.4 Å². The van der Waals surface area contributed by atoms with Gasteiger partial charge in [-0.2, -0.15) is 0 Å². The smallest absolute Gasteiger partial charge is 0.0719 e. The summed E-state index contributed by atoms with van der Waals surface area (Å²) in [6.07, 6.45) is 2.00. The number of nitrogen functional groups attached to an aromatic ring is 1. The van der Waals surface area contributed by atoms with E-state index >= 15 is 0 Å². The van der Waals surface area contributed by atoms with Crippen LogP contribution >= 0.6 is 0 Å². The van der Waals surface area contributed by atoms with Crippen LogP contribution in [0, 0.1) is 6.92 Å². The van der Waals surface area contributed by atoms with E-state index in [2.05, 4.69) is 11.9 Å². The summed E-state index contributed by atoms with van der Waals surface area (Å²) in [5.41, 5.74) is 9.01. The largest absolute Gasteiger partial charge is 0.398 e. The molecule has 72 valence electrons. The number of aliphatic hydroxyl groups is 1. The first-order valence-corrected chi connectivity index (χ1v) is 4.54. The second-order valence-electron chi connectivity index (χ2n) is 3.17. The number of hydrogen-bond donors (Lipinski definition) is 2. The fourth-order valence-electron chi connectivity index (χ4n) is 1.38. The van der Waals surface area contributed by atoms with Crippen LogP contribution in [0.15, 0.2) is 6.07 Å². The van der Waals surface area contributed by atoms with E-state index in [9.17, 15) is 0 Å². The van der Waals surface area contributed by atoms with Crippen molar-refractivity contribution in [3.63, 3.8) is 0 Å². The predicted molar refractivity (Wildman–Crippen MR) is 53.3 cm³/mol. The van der Waals surface area contributed by atoms with Crippen molar-refractivity contribution in [3.8, 4) is 0 Å². The SMILES string of the molecule is CCCc1cc(N)c(CO)c(C)n1. The molecule has 13 heavy (non-hydrogen) atoms. The molecule has 1 heterocycles. The molecule has 0 fully saturated rings. The number of aromatic nitrogens is 1. The molecule has 3 nitrogen and oxygen atoms in total. The zero-order valence-corrected chi connectivity index (χ0v) is 8.17. The minimum atomic E-state index is -0.0307. The van der Waals surface area contributed by atoms with Gasteiger partial charge in [0.15, 0.2) is 0 Å². The average Bonchev–Trinajstić information content (AvgIpc) is 2.04. The topological polar surface area (TPSA) is 59.1 Å². The maximum Gasteiger partial charge on any atom is 0.0719 e. The highest BCUT2D eigenvalue weighted by Gasteiger charge is 2.05. The maximum atomic E-state index is 9.00. The van der Waals surface area contributed by atoms with Gasteiger partial charge in [-0.1, -0.05) is 13.3 Å². The van der Waals surface area contributed by atoms with Crippen LogP contribution in [0.1, 0.15) is 30.3 Å². The van der Waals surface area contributed by atoms with Crippen LogP contribution in [0.3, 0.4) is 0 Å². The van der Waals surface area contributed by atoms with Crippen molar-refractivity contribution in [2.24, 2.45) is 0 Å². The Balaban J connectivity index is 3.05. The van der Waals surface area contributed by atoms with Gasteiger partial charge in [0, 0.05) is 22.6 Å². The molecule has 0 atom stereocenters. The summed E-state index contributed by atoms with van der Waals surface area (Å²) < 4.78 is 0. The van der Waals surface area contributed by atoms with E-state index < -0.39 is 0 Å². The number of aryl methyl sites for hydroxylation is 2. The number of hydrogen-bond acceptors (Lipinski definition) is 3. The zero-order valence-electron chi connectivity index (χ0n) is 8.17. The Morgan fingerprint density at radius 1 is 1.54 bits per heavy atom. The Labute approximate surface area is 78.6 Å². The van der Waals surface area contributed by atoms with E-state index in [0.29, 0.717) is 5.69 Å². The molecule has 0 aromatic carbocycles. The third-order valence-corrected chi connectivity index (χ3v) is 2.08. The average molecular weight is 180 g/mol. The highest BCUT2D eigenvalue weighted by atomic mass is 16.3. The lowest BCUT2D eigenvalue weighted by Crippen LogP contribution is -2.03. The molecule has 0 saturated carbocycles. The summed E-state index contributed by atoms with van der Waals surface area (Å²) in [7, 11) is 0. The standard InChI is InChI=1S/C10H16N2O/c1-3-4-8-5-10(11)9(6-13)7(2)12-8/h5,13H,3-4,6H2,1-2H3,(H2,11,12). The lowest BCUT2D eigenvalue weighted by Gasteiger charge is -2.08. The lowest BCUT2D eigenvalue weighted by atomic mass is 10.1. The fourth-order valence-corrected chi connectivity index (χ4v) is 1.38. The van der Waals surface area contributed by atoms with Gasteiger partial charge in [-0.15, -0.1) is 0 Å². The molecule has 0 radical (unpaired) electrons. The first kappa shape index (κ1) is 9.99. The van der Waals surface area contributed by atoms with Crippen molar-refractivity contribution in [2.45, 2.75) is 33.3 Å². The van der Waals surface area contributed by atoms with Gasteiger partial charge in [-0.3, -0.25) is 4.98 Å². The van der Waals surface area contributed by atoms with Gasteiger partial charge < -0.3 is 10.8 Å². The van der Waals surface area contributed by atoms with Crippen LogP contribution in [0.25, 0.3) is 0 Å². The molecule has 1 aromatic heterocycles. The third kappa shape index (κ3) is 2.18. The molecule has 0 aliphatic carbocycles. The molecular formula is C10H16N2O. The van der Waals surface area contributed by atoms with Gasteiger partial charge in [0.2, 0.25) is 0 Å². The summed E-state index contributed by atoms with van der Waals surface area (Å²) in [5.74, 6) is 0. The Kier molecular flexibility index (Phi) is 3.25. The van der Waals surface area contributed by atoms with Crippen LogP contribution < -0.4 is 5.73 Å². The summed E-state index contributed by atoms with van der Waals surface area (Å²) in [6, 6.07) is 1.85. The van der Waals surface area contributed by atoms with Gasteiger partial charge >= 0.3 is 0 Å². The first-order chi connectivity index (χ1) is 6.19. The van der Waals surface area contributed by atoms with Crippen LogP contribution in [0.4, 0.5) is 5.69 Å². The quantitative estimate of drug-likeness (QED) is 0.739. The maximum absolute atomic E-state index is 9.00. The molecule has 0 spiro atoms. The summed E-state index contributed by atoms with van der Waals surface area (Å²) in [5, 5.41) is 9.00. The molecule has 0 amide bonds. The van der Waals surface area contributed by atoms with Crippen LogP contribution in [-0.2, 0) is 13.0 Å². The van der Waals surface area contributed by atoms with E-state index in [-0.39, 0.29) is 6.61 Å². The van der Waals surface area contributed by atoms with Gasteiger partial charge in [-0.25, -0.2) is 0 Å². The highest BCUT2D eigenvalue weighted by molar-refractivity contribution is 5.49. The van der Waals surface area contributed by atoms with Crippen molar-refractivity contribution < 1.29 is 5.11 Å². The molecule has 1 aromatic rings. The number of aliphatic hydroxyl groups excluding tert-OH is 1. The molecule has 0 bridgehead atoms. The molecule has 1 rings (SSSR count). The molecule has 0 saturated heterocycles. The van der Waals surface area contributed by atoms with Crippen molar-refractivity contribution in [2.75, 3.05) is 5.73 Å². The van der Waals surface area contributed by atoms with E-state index in [1.165, 1.54) is 0 Å². The second kappa shape index (κ2) is 4.23. The van der Waals surface area contributed by atoms with E-state index in [1.807, 2.05) is 13.0 Å². The predicted octanol–water partition coefficient (Wildman–Crippen LogP) is 1.42. The number of nitrogens with two attached hydrogens (primary N) is 1. The number of anilines is 1. The summed E-state index contributed by atoms with van der Waals surface area (Å²) >= 11 is 0. The minimum Gasteiger partial charge on any atom is -0.398 e. The Morgan fingerprint density at radius 2 is 2.23 bits per heavy atom. The van der Waals surface area contributed by atoms with Gasteiger partial charge in [0.1, 0.15) is 0 Å². The minimum absolute atomic E-state index is 0.0307. The van der Waals surface area contributed by atoms with Crippen LogP contribution in [-0.4, -0.2) is 10.1 Å². The molecule has 3 N–H and O–H groups in total. The fraction of sp³-hybridized carbons (Fsp3) is 0.500. The Hall–Kier alpha value is -1.09. The first-order valence-electron chi connectivity index (χ1n) is 4.54.